The van der Waals surface area contributed by atoms with Crippen LogP contribution in [0.25, 0.3) is 10.8 Å². The minimum atomic E-state index is -0.689. The molecule has 2 aromatic carbocycles. The van der Waals surface area contributed by atoms with Gasteiger partial charge in [-0.2, -0.15) is 0 Å². The third-order valence-electron chi connectivity index (χ3n) is 4.10. The van der Waals surface area contributed by atoms with E-state index in [1.165, 1.54) is 12.5 Å². The van der Waals surface area contributed by atoms with Gasteiger partial charge in [-0.3, -0.25) is 0 Å². The second kappa shape index (κ2) is 7.19. The molecule has 1 fully saturated rings. The Labute approximate surface area is 135 Å². The van der Waals surface area contributed by atoms with Crippen molar-refractivity contribution >= 4 is 17.1 Å². The highest BCUT2D eigenvalue weighted by molar-refractivity contribution is 5.82. The van der Waals surface area contributed by atoms with Crippen molar-refractivity contribution in [1.82, 2.24) is 0 Å². The Hall–Kier alpha value is -1.79. The standard InChI is InChI=1S/C18H20O5/c1-20-17-16(15(10-19)23-18(17)21-2)22-11-12-7-8-13-5-3-4-6-14(13)9-12/h3-10,15-18H,11H2,1-2H3/t15-,16-,17-,18+/m1/s1. The predicted octanol–water partition coefficient (Wildman–Crippen LogP) is 2.31. The largest absolute Gasteiger partial charge is 0.373 e. The summed E-state index contributed by atoms with van der Waals surface area (Å²) < 4.78 is 22.0. The highest BCUT2D eigenvalue weighted by Gasteiger charge is 2.46. The van der Waals surface area contributed by atoms with E-state index in [4.69, 9.17) is 18.9 Å². The molecule has 1 aliphatic heterocycles. The smallest absolute Gasteiger partial charge is 0.187 e. The molecule has 3 rings (SSSR count). The van der Waals surface area contributed by atoms with Crippen molar-refractivity contribution in [3.05, 3.63) is 48.0 Å². The SMILES string of the molecule is CO[C@H]1O[C@H](C=O)[C@@H](OCc2ccc3ccccc3c2)[C@H]1OC. The maximum atomic E-state index is 11.2. The van der Waals surface area contributed by atoms with Crippen LogP contribution in [0.4, 0.5) is 0 Å². The lowest BCUT2D eigenvalue weighted by Gasteiger charge is -2.21. The molecule has 4 atom stereocenters. The fourth-order valence-electron chi connectivity index (χ4n) is 2.91. The van der Waals surface area contributed by atoms with Gasteiger partial charge in [-0.25, -0.2) is 0 Å². The van der Waals surface area contributed by atoms with Crippen LogP contribution in [0.5, 0.6) is 0 Å². The zero-order valence-electron chi connectivity index (χ0n) is 13.2. The number of methoxy groups -OCH3 is 2. The van der Waals surface area contributed by atoms with Crippen molar-refractivity contribution in [2.75, 3.05) is 14.2 Å². The molecule has 1 aliphatic rings. The summed E-state index contributed by atoms with van der Waals surface area (Å²) in [4.78, 5) is 11.2. The number of carbonyl (C=O) groups is 1. The number of hydrogen-bond acceptors (Lipinski definition) is 5. The number of carbonyl (C=O) groups excluding carboxylic acids is 1. The highest BCUT2D eigenvalue weighted by atomic mass is 16.7. The van der Waals surface area contributed by atoms with E-state index in [0.717, 1.165) is 17.2 Å². The van der Waals surface area contributed by atoms with Crippen molar-refractivity contribution < 1.29 is 23.7 Å². The molecule has 2 aromatic rings. The van der Waals surface area contributed by atoms with Crippen molar-refractivity contribution in [3.63, 3.8) is 0 Å². The van der Waals surface area contributed by atoms with Gasteiger partial charge >= 0.3 is 0 Å². The van der Waals surface area contributed by atoms with Gasteiger partial charge in [0.25, 0.3) is 0 Å². The van der Waals surface area contributed by atoms with Crippen LogP contribution in [0.15, 0.2) is 42.5 Å². The van der Waals surface area contributed by atoms with Gasteiger partial charge < -0.3 is 23.7 Å². The van der Waals surface area contributed by atoms with Crippen LogP contribution < -0.4 is 0 Å². The molecular weight excluding hydrogens is 296 g/mol. The highest BCUT2D eigenvalue weighted by Crippen LogP contribution is 2.27. The topological polar surface area (TPSA) is 54.0 Å². The zero-order chi connectivity index (χ0) is 16.2. The first kappa shape index (κ1) is 16.1. The van der Waals surface area contributed by atoms with Crippen LogP contribution in [0.1, 0.15) is 5.56 Å². The monoisotopic (exact) mass is 316 g/mol. The Morgan fingerprint density at radius 3 is 2.52 bits per heavy atom. The Bertz CT molecular complexity index is 671. The number of fused-ring (bicyclic) bond motifs is 1. The van der Waals surface area contributed by atoms with Gasteiger partial charge in [-0.1, -0.05) is 36.4 Å². The Morgan fingerprint density at radius 1 is 1.04 bits per heavy atom. The van der Waals surface area contributed by atoms with Gasteiger partial charge in [0, 0.05) is 14.2 Å². The zero-order valence-corrected chi connectivity index (χ0v) is 13.2. The molecule has 1 saturated heterocycles. The first-order chi connectivity index (χ1) is 11.3. The van der Waals surface area contributed by atoms with Gasteiger partial charge in [-0.15, -0.1) is 0 Å². The summed E-state index contributed by atoms with van der Waals surface area (Å²) in [6.07, 6.45) is -1.48. The average molecular weight is 316 g/mol. The van der Waals surface area contributed by atoms with E-state index in [1.54, 1.807) is 7.11 Å². The lowest BCUT2D eigenvalue weighted by atomic mass is 10.1. The van der Waals surface area contributed by atoms with Crippen LogP contribution in [0.2, 0.25) is 0 Å². The van der Waals surface area contributed by atoms with Crippen molar-refractivity contribution in [3.8, 4) is 0 Å². The summed E-state index contributed by atoms with van der Waals surface area (Å²) in [5.41, 5.74) is 1.03. The van der Waals surface area contributed by atoms with Crippen LogP contribution in [-0.4, -0.2) is 45.1 Å². The molecule has 0 unspecified atom stereocenters. The summed E-state index contributed by atoms with van der Waals surface area (Å²) in [5.74, 6) is 0. The molecule has 0 aliphatic carbocycles. The number of benzene rings is 2. The number of ether oxygens (including phenoxy) is 4. The number of hydrogen-bond donors (Lipinski definition) is 0. The van der Waals surface area contributed by atoms with Gasteiger partial charge in [0.05, 0.1) is 6.61 Å². The Morgan fingerprint density at radius 2 is 1.83 bits per heavy atom. The van der Waals surface area contributed by atoms with Crippen molar-refractivity contribution in [2.45, 2.75) is 31.2 Å². The van der Waals surface area contributed by atoms with E-state index >= 15 is 0 Å². The third kappa shape index (κ3) is 3.28. The summed E-state index contributed by atoms with van der Waals surface area (Å²) in [6, 6.07) is 14.3. The number of aldehydes is 1. The number of rotatable bonds is 6. The van der Waals surface area contributed by atoms with Crippen LogP contribution >= 0.6 is 0 Å². The van der Waals surface area contributed by atoms with Crippen LogP contribution in [0.3, 0.4) is 0 Å². The first-order valence-electron chi connectivity index (χ1n) is 7.52. The molecule has 0 spiro atoms. The minimum absolute atomic E-state index is 0.374. The van der Waals surface area contributed by atoms with Gasteiger partial charge in [0.15, 0.2) is 12.6 Å². The molecule has 5 heteroatoms. The Kier molecular flexibility index (Phi) is 5.03. The molecule has 0 saturated carbocycles. The summed E-state index contributed by atoms with van der Waals surface area (Å²) in [5, 5.41) is 2.33. The molecule has 0 radical (unpaired) electrons. The molecule has 0 aromatic heterocycles. The normalized spacial score (nSPS) is 27.4. The second-order valence-electron chi connectivity index (χ2n) is 5.50. The van der Waals surface area contributed by atoms with E-state index < -0.39 is 24.6 Å². The lowest BCUT2D eigenvalue weighted by molar-refractivity contribution is -0.158. The fourth-order valence-corrected chi connectivity index (χ4v) is 2.91. The third-order valence-corrected chi connectivity index (χ3v) is 4.10. The predicted molar refractivity (Wildman–Crippen MR) is 85.1 cm³/mol. The van der Waals surface area contributed by atoms with E-state index in [0.29, 0.717) is 6.61 Å². The summed E-state index contributed by atoms with van der Waals surface area (Å²) >= 11 is 0. The van der Waals surface area contributed by atoms with Crippen LogP contribution in [0, 0.1) is 0 Å². The van der Waals surface area contributed by atoms with E-state index in [-0.39, 0.29) is 0 Å². The summed E-state index contributed by atoms with van der Waals surface area (Å²) in [6.45, 7) is 0.374. The maximum absolute atomic E-state index is 11.2. The van der Waals surface area contributed by atoms with Crippen molar-refractivity contribution in [1.29, 1.82) is 0 Å². The summed E-state index contributed by atoms with van der Waals surface area (Å²) in [7, 11) is 3.07. The Balaban J connectivity index is 1.73. The molecule has 0 amide bonds. The molecule has 1 heterocycles. The maximum Gasteiger partial charge on any atom is 0.187 e. The molecule has 122 valence electrons. The lowest BCUT2D eigenvalue weighted by Crippen LogP contribution is -2.37. The molecular formula is C18H20O5. The van der Waals surface area contributed by atoms with E-state index in [9.17, 15) is 4.79 Å². The fraction of sp³-hybridized carbons (Fsp3) is 0.389. The van der Waals surface area contributed by atoms with Gasteiger partial charge in [-0.05, 0) is 22.4 Å². The quantitative estimate of drug-likeness (QED) is 0.766. The second-order valence-corrected chi connectivity index (χ2v) is 5.50. The molecule has 0 bridgehead atoms. The molecule has 5 nitrogen and oxygen atoms in total. The molecule has 0 N–H and O–H groups in total. The van der Waals surface area contributed by atoms with Gasteiger partial charge in [0.1, 0.15) is 18.3 Å². The van der Waals surface area contributed by atoms with Crippen LogP contribution in [-0.2, 0) is 30.3 Å². The average Bonchev–Trinajstić information content (AvgIpc) is 2.96. The first-order valence-corrected chi connectivity index (χ1v) is 7.52. The van der Waals surface area contributed by atoms with Crippen molar-refractivity contribution in [2.24, 2.45) is 0 Å². The van der Waals surface area contributed by atoms with E-state index in [2.05, 4.69) is 24.3 Å². The van der Waals surface area contributed by atoms with E-state index in [1.807, 2.05) is 18.2 Å². The minimum Gasteiger partial charge on any atom is -0.373 e. The molecule has 23 heavy (non-hydrogen) atoms. The van der Waals surface area contributed by atoms with Gasteiger partial charge in [0.2, 0.25) is 0 Å².